The molecule has 0 aliphatic carbocycles. The number of aliphatic hydroxyl groups excluding tert-OH is 1. The predicted octanol–water partition coefficient (Wildman–Crippen LogP) is 2.04. The summed E-state index contributed by atoms with van der Waals surface area (Å²) in [6.45, 7) is 6.68. The number of aromatic nitrogens is 2. The Morgan fingerprint density at radius 1 is 1.22 bits per heavy atom. The minimum absolute atomic E-state index is 0.336. The van der Waals surface area contributed by atoms with Crippen LogP contribution in [0, 0.1) is 12.8 Å². The Hall–Kier alpha value is -1.36. The summed E-state index contributed by atoms with van der Waals surface area (Å²) in [6, 6.07) is 0. The largest absolute Gasteiger partial charge is 0.391 e. The highest BCUT2D eigenvalue weighted by Gasteiger charge is 2.16. The van der Waals surface area contributed by atoms with Crippen molar-refractivity contribution in [3.63, 3.8) is 0 Å². The molecule has 0 amide bonds. The van der Waals surface area contributed by atoms with E-state index < -0.39 is 0 Å². The van der Waals surface area contributed by atoms with Crippen molar-refractivity contribution in [3.05, 3.63) is 11.9 Å². The molecule has 0 aliphatic rings. The van der Waals surface area contributed by atoms with E-state index in [1.807, 2.05) is 14.0 Å². The second-order valence-corrected chi connectivity index (χ2v) is 4.47. The zero-order chi connectivity index (χ0) is 13.5. The Morgan fingerprint density at radius 3 is 2.39 bits per heavy atom. The van der Waals surface area contributed by atoms with E-state index in [1.54, 1.807) is 0 Å². The maximum Gasteiger partial charge on any atom is 0.134 e. The fourth-order valence-electron chi connectivity index (χ4n) is 2.08. The summed E-state index contributed by atoms with van der Waals surface area (Å²) in [5.41, 5.74) is 0.969. The smallest absolute Gasteiger partial charge is 0.134 e. The number of nitrogens with zero attached hydrogens (tertiary/aromatic N) is 2. The second-order valence-electron chi connectivity index (χ2n) is 4.47. The summed E-state index contributed by atoms with van der Waals surface area (Å²) < 4.78 is 0. The maximum absolute atomic E-state index is 10.1. The standard InChI is InChI=1S/C13H24N4O/c1-5-10(6-2)11(18)7-15-13-9(3)12(14-4)16-8-17-13/h8,10-11,18H,5-7H2,1-4H3,(H2,14,15,16,17). The molecule has 1 heterocycles. The lowest BCUT2D eigenvalue weighted by Gasteiger charge is -2.21. The van der Waals surface area contributed by atoms with E-state index in [0.717, 1.165) is 30.0 Å². The molecule has 5 heteroatoms. The molecule has 1 unspecified atom stereocenters. The molecule has 1 rings (SSSR count). The van der Waals surface area contributed by atoms with Crippen LogP contribution < -0.4 is 10.6 Å². The zero-order valence-corrected chi connectivity index (χ0v) is 11.7. The topological polar surface area (TPSA) is 70.1 Å². The molecule has 0 fully saturated rings. The molecule has 1 aromatic rings. The fourth-order valence-corrected chi connectivity index (χ4v) is 2.08. The molecule has 3 N–H and O–H groups in total. The van der Waals surface area contributed by atoms with Gasteiger partial charge in [-0.15, -0.1) is 0 Å². The molecule has 0 spiro atoms. The van der Waals surface area contributed by atoms with E-state index in [-0.39, 0.29) is 6.10 Å². The van der Waals surface area contributed by atoms with E-state index in [1.165, 1.54) is 6.33 Å². The van der Waals surface area contributed by atoms with Crippen molar-refractivity contribution in [3.8, 4) is 0 Å². The zero-order valence-electron chi connectivity index (χ0n) is 11.7. The van der Waals surface area contributed by atoms with E-state index in [4.69, 9.17) is 0 Å². The fraction of sp³-hybridized carbons (Fsp3) is 0.692. The van der Waals surface area contributed by atoms with Gasteiger partial charge in [0.2, 0.25) is 0 Å². The lowest BCUT2D eigenvalue weighted by atomic mass is 9.96. The molecule has 1 aromatic heterocycles. The first-order valence-electron chi connectivity index (χ1n) is 6.55. The Bertz CT molecular complexity index is 366. The lowest BCUT2D eigenvalue weighted by Crippen LogP contribution is -2.28. The van der Waals surface area contributed by atoms with Crippen molar-refractivity contribution in [2.75, 3.05) is 24.2 Å². The molecule has 0 aliphatic heterocycles. The summed E-state index contributed by atoms with van der Waals surface area (Å²) >= 11 is 0. The van der Waals surface area contributed by atoms with Crippen LogP contribution in [0.4, 0.5) is 11.6 Å². The maximum atomic E-state index is 10.1. The summed E-state index contributed by atoms with van der Waals surface area (Å²) in [4.78, 5) is 8.32. The number of anilines is 2. The third-order valence-electron chi connectivity index (χ3n) is 3.39. The Labute approximate surface area is 109 Å². The van der Waals surface area contributed by atoms with Gasteiger partial charge >= 0.3 is 0 Å². The van der Waals surface area contributed by atoms with Gasteiger partial charge in [0, 0.05) is 19.2 Å². The van der Waals surface area contributed by atoms with Crippen molar-refractivity contribution in [2.24, 2.45) is 5.92 Å². The molecular weight excluding hydrogens is 228 g/mol. The minimum atomic E-state index is -0.340. The summed E-state index contributed by atoms with van der Waals surface area (Å²) in [5, 5.41) is 16.3. The van der Waals surface area contributed by atoms with E-state index in [9.17, 15) is 5.11 Å². The number of hydrogen-bond donors (Lipinski definition) is 3. The van der Waals surface area contributed by atoms with Gasteiger partial charge < -0.3 is 15.7 Å². The summed E-state index contributed by atoms with van der Waals surface area (Å²) in [7, 11) is 1.83. The molecule has 102 valence electrons. The summed E-state index contributed by atoms with van der Waals surface area (Å²) in [6.07, 6.45) is 3.16. The minimum Gasteiger partial charge on any atom is -0.391 e. The molecular formula is C13H24N4O. The first-order valence-corrected chi connectivity index (χ1v) is 6.55. The van der Waals surface area contributed by atoms with E-state index >= 15 is 0 Å². The van der Waals surface area contributed by atoms with Crippen LogP contribution in [0.2, 0.25) is 0 Å². The van der Waals surface area contributed by atoms with Gasteiger partial charge in [0.25, 0.3) is 0 Å². The van der Waals surface area contributed by atoms with E-state index in [0.29, 0.717) is 12.5 Å². The Balaban J connectivity index is 2.63. The first kappa shape index (κ1) is 14.7. The molecule has 0 bridgehead atoms. The molecule has 0 aromatic carbocycles. The lowest BCUT2D eigenvalue weighted by molar-refractivity contribution is 0.114. The highest BCUT2D eigenvalue weighted by molar-refractivity contribution is 5.56. The number of hydrogen-bond acceptors (Lipinski definition) is 5. The third kappa shape index (κ3) is 3.57. The normalized spacial score (nSPS) is 12.6. The van der Waals surface area contributed by atoms with Crippen LogP contribution in [0.1, 0.15) is 32.3 Å². The molecule has 0 radical (unpaired) electrons. The van der Waals surface area contributed by atoms with Crippen LogP contribution in [0.25, 0.3) is 0 Å². The average Bonchev–Trinajstić information content (AvgIpc) is 2.39. The number of nitrogens with one attached hydrogen (secondary N) is 2. The van der Waals surface area contributed by atoms with Crippen LogP contribution in [-0.4, -0.2) is 34.8 Å². The molecule has 0 saturated heterocycles. The van der Waals surface area contributed by atoms with Gasteiger partial charge in [0.05, 0.1) is 6.10 Å². The van der Waals surface area contributed by atoms with Gasteiger partial charge in [-0.1, -0.05) is 26.7 Å². The summed E-state index contributed by atoms with van der Waals surface area (Å²) in [5.74, 6) is 1.92. The Morgan fingerprint density at radius 2 is 1.83 bits per heavy atom. The van der Waals surface area contributed by atoms with Gasteiger partial charge in [-0.2, -0.15) is 0 Å². The number of rotatable bonds is 7. The predicted molar refractivity (Wildman–Crippen MR) is 74.9 cm³/mol. The van der Waals surface area contributed by atoms with Crippen molar-refractivity contribution in [2.45, 2.75) is 39.7 Å². The van der Waals surface area contributed by atoms with Gasteiger partial charge in [0.15, 0.2) is 0 Å². The SMILES string of the molecule is CCC(CC)C(O)CNc1ncnc(NC)c1C. The third-order valence-corrected chi connectivity index (χ3v) is 3.39. The molecule has 18 heavy (non-hydrogen) atoms. The van der Waals surface area contributed by atoms with Crippen molar-refractivity contribution in [1.29, 1.82) is 0 Å². The highest BCUT2D eigenvalue weighted by atomic mass is 16.3. The monoisotopic (exact) mass is 252 g/mol. The van der Waals surface area contributed by atoms with Crippen molar-refractivity contribution in [1.82, 2.24) is 9.97 Å². The van der Waals surface area contributed by atoms with Gasteiger partial charge in [-0.05, 0) is 12.8 Å². The molecule has 0 saturated carbocycles. The Kier molecular flexibility index (Phi) is 5.85. The van der Waals surface area contributed by atoms with Crippen LogP contribution in [0.15, 0.2) is 6.33 Å². The van der Waals surface area contributed by atoms with Gasteiger partial charge in [-0.3, -0.25) is 0 Å². The molecule has 5 nitrogen and oxygen atoms in total. The van der Waals surface area contributed by atoms with Crippen molar-refractivity contribution >= 4 is 11.6 Å². The van der Waals surface area contributed by atoms with Crippen molar-refractivity contribution < 1.29 is 5.11 Å². The molecule has 1 atom stereocenters. The van der Waals surface area contributed by atoms with Crippen LogP contribution in [0.3, 0.4) is 0 Å². The van der Waals surface area contributed by atoms with Crippen LogP contribution in [0.5, 0.6) is 0 Å². The second kappa shape index (κ2) is 7.16. The number of aliphatic hydroxyl groups is 1. The van der Waals surface area contributed by atoms with Gasteiger partial charge in [0.1, 0.15) is 18.0 Å². The van der Waals surface area contributed by atoms with E-state index in [2.05, 4.69) is 34.4 Å². The highest BCUT2D eigenvalue weighted by Crippen LogP contribution is 2.19. The van der Waals surface area contributed by atoms with Gasteiger partial charge in [-0.25, -0.2) is 9.97 Å². The average molecular weight is 252 g/mol. The van der Waals surface area contributed by atoms with Crippen LogP contribution in [-0.2, 0) is 0 Å². The van der Waals surface area contributed by atoms with Crippen LogP contribution >= 0.6 is 0 Å². The quantitative estimate of drug-likeness (QED) is 0.692. The first-order chi connectivity index (χ1) is 8.63.